The molecular weight excluding hydrogens is 583 g/mol. The van der Waals surface area contributed by atoms with Crippen molar-refractivity contribution in [3.63, 3.8) is 0 Å². The van der Waals surface area contributed by atoms with Crippen LogP contribution < -0.4 is 4.72 Å². The molecule has 9 heteroatoms. The van der Waals surface area contributed by atoms with E-state index in [1.807, 2.05) is 36.4 Å². The fraction of sp³-hybridized carbons (Fsp3) is 0.296. The Labute approximate surface area is 231 Å². The molecule has 1 heterocycles. The van der Waals surface area contributed by atoms with Crippen molar-refractivity contribution in [3.05, 3.63) is 91.9 Å². The zero-order valence-corrected chi connectivity index (χ0v) is 23.7. The van der Waals surface area contributed by atoms with Gasteiger partial charge in [-0.3, -0.25) is 9.52 Å². The molecule has 1 N–H and O–H groups in total. The molecule has 1 amide bonds. The van der Waals surface area contributed by atoms with Crippen molar-refractivity contribution in [2.24, 2.45) is 0 Å². The number of benzene rings is 3. The number of halogens is 3. The van der Waals surface area contributed by atoms with E-state index in [1.54, 1.807) is 17.0 Å². The Morgan fingerprint density at radius 3 is 2.50 bits per heavy atom. The van der Waals surface area contributed by atoms with E-state index in [9.17, 15) is 13.2 Å². The zero-order chi connectivity index (χ0) is 25.9. The summed E-state index contributed by atoms with van der Waals surface area (Å²) in [4.78, 5) is 14.9. The maximum atomic E-state index is 13.4. The highest BCUT2D eigenvalue weighted by Gasteiger charge is 2.31. The third-order valence-corrected chi connectivity index (χ3v) is 9.27. The van der Waals surface area contributed by atoms with Gasteiger partial charge in [-0.15, -0.1) is 0 Å². The number of carbonyl (C=O) groups excluding carboxylic acids is 1. The molecule has 1 unspecified atom stereocenters. The minimum atomic E-state index is -4.05. The molecule has 0 saturated carbocycles. The Hall–Kier alpha value is -2.06. The summed E-state index contributed by atoms with van der Waals surface area (Å²) in [5.41, 5.74) is 2.82. The lowest BCUT2D eigenvalue weighted by Crippen LogP contribution is -2.29. The predicted octanol–water partition coefficient (Wildman–Crippen LogP) is 7.53. The van der Waals surface area contributed by atoms with E-state index in [2.05, 4.69) is 27.6 Å². The van der Waals surface area contributed by atoms with Gasteiger partial charge in [-0.2, -0.15) is 0 Å². The van der Waals surface area contributed by atoms with Crippen molar-refractivity contribution in [2.45, 2.75) is 43.4 Å². The molecule has 36 heavy (non-hydrogen) atoms. The summed E-state index contributed by atoms with van der Waals surface area (Å²) in [6, 6.07) is 17.8. The highest BCUT2D eigenvalue weighted by atomic mass is 79.9. The molecule has 0 spiro atoms. The number of hydrogen-bond acceptors (Lipinski definition) is 3. The van der Waals surface area contributed by atoms with E-state index < -0.39 is 10.0 Å². The summed E-state index contributed by atoms with van der Waals surface area (Å²) < 4.78 is 30.0. The van der Waals surface area contributed by atoms with Crippen molar-refractivity contribution in [1.82, 2.24) is 4.90 Å². The van der Waals surface area contributed by atoms with E-state index in [0.717, 1.165) is 41.3 Å². The molecule has 4 rings (SSSR count). The summed E-state index contributed by atoms with van der Waals surface area (Å²) in [5.74, 6) is -0.135. The Balaban J connectivity index is 1.54. The van der Waals surface area contributed by atoms with Crippen LogP contribution in [0.2, 0.25) is 10.0 Å². The van der Waals surface area contributed by atoms with Gasteiger partial charge in [0.1, 0.15) is 4.90 Å². The van der Waals surface area contributed by atoms with Crippen LogP contribution in [-0.4, -0.2) is 32.3 Å². The van der Waals surface area contributed by atoms with E-state index in [-0.39, 0.29) is 32.3 Å². The number of sulfonamides is 1. The molecule has 1 aliphatic heterocycles. The topological polar surface area (TPSA) is 66.5 Å². The molecule has 0 aliphatic carbocycles. The summed E-state index contributed by atoms with van der Waals surface area (Å²) in [6.07, 6.45) is 3.91. The van der Waals surface area contributed by atoms with E-state index in [1.165, 1.54) is 12.1 Å². The first kappa shape index (κ1) is 27.0. The number of likely N-dealkylation sites (tertiary alicyclic amines) is 1. The number of rotatable bonds is 8. The highest BCUT2D eigenvalue weighted by molar-refractivity contribution is 9.10. The van der Waals surface area contributed by atoms with Gasteiger partial charge < -0.3 is 4.90 Å². The normalized spacial score (nSPS) is 15.8. The van der Waals surface area contributed by atoms with Crippen LogP contribution in [0.5, 0.6) is 0 Å². The third kappa shape index (κ3) is 6.08. The number of hydrogen-bond donors (Lipinski definition) is 1. The second-order valence-electron chi connectivity index (χ2n) is 8.93. The average molecular weight is 610 g/mol. The van der Waals surface area contributed by atoms with E-state index >= 15 is 0 Å². The first-order chi connectivity index (χ1) is 17.2. The van der Waals surface area contributed by atoms with Gasteiger partial charge in [0.25, 0.3) is 15.9 Å². The number of nitrogens with zero attached hydrogens (tertiary/aromatic N) is 1. The molecular formula is C27H27BrCl2N2O3S. The molecule has 1 atom stereocenters. The zero-order valence-electron chi connectivity index (χ0n) is 19.8. The van der Waals surface area contributed by atoms with Gasteiger partial charge in [0.05, 0.1) is 15.6 Å². The van der Waals surface area contributed by atoms with E-state index in [0.29, 0.717) is 18.8 Å². The SMILES string of the molecule is CCCCc1ccc(NS(=O)(=O)c2cc(C(=O)N3CCC(c4ccccc4Br)C3)c(Cl)cc2Cl)cc1. The number of amides is 1. The van der Waals surface area contributed by atoms with Crippen molar-refractivity contribution in [1.29, 1.82) is 0 Å². The molecule has 0 radical (unpaired) electrons. The summed E-state index contributed by atoms with van der Waals surface area (Å²) in [6.45, 7) is 3.20. The Bertz CT molecular complexity index is 1360. The van der Waals surface area contributed by atoms with Crippen LogP contribution in [-0.2, 0) is 16.4 Å². The van der Waals surface area contributed by atoms with Gasteiger partial charge in [-0.1, -0.05) is 82.8 Å². The second kappa shape index (κ2) is 11.5. The Morgan fingerprint density at radius 2 is 1.81 bits per heavy atom. The molecule has 0 aromatic heterocycles. The smallest absolute Gasteiger partial charge is 0.263 e. The van der Waals surface area contributed by atoms with Crippen LogP contribution in [0.25, 0.3) is 0 Å². The Kier molecular flexibility index (Phi) is 8.66. The van der Waals surface area contributed by atoms with E-state index in [4.69, 9.17) is 23.2 Å². The predicted molar refractivity (Wildman–Crippen MR) is 150 cm³/mol. The molecule has 190 valence electrons. The lowest BCUT2D eigenvalue weighted by molar-refractivity contribution is 0.0790. The standard InChI is InChI=1S/C27H27BrCl2N2O3S/c1-2-3-6-18-9-11-20(12-10-18)31-36(34,35)26-15-22(24(29)16-25(26)30)27(33)32-14-13-19(17-32)21-7-4-5-8-23(21)28/h4-5,7-12,15-16,19,31H,2-3,6,13-14,17H2,1H3. The van der Waals surface area contributed by atoms with Crippen molar-refractivity contribution in [2.75, 3.05) is 17.8 Å². The van der Waals surface area contributed by atoms with Gasteiger partial charge in [0.2, 0.25) is 0 Å². The lowest BCUT2D eigenvalue weighted by Gasteiger charge is -2.19. The number of unbranched alkanes of at least 4 members (excludes halogenated alkanes) is 1. The molecule has 1 fully saturated rings. The van der Waals surface area contributed by atoms with Gasteiger partial charge in [0, 0.05) is 29.2 Å². The van der Waals surface area contributed by atoms with Gasteiger partial charge in [-0.25, -0.2) is 8.42 Å². The molecule has 1 aliphatic rings. The van der Waals surface area contributed by atoms with Crippen LogP contribution in [0.15, 0.2) is 70.0 Å². The molecule has 3 aromatic carbocycles. The first-order valence-electron chi connectivity index (χ1n) is 11.8. The van der Waals surface area contributed by atoms with Crippen molar-refractivity contribution >= 4 is 60.7 Å². The summed E-state index contributed by atoms with van der Waals surface area (Å²) in [7, 11) is -4.05. The minimum Gasteiger partial charge on any atom is -0.338 e. The monoisotopic (exact) mass is 608 g/mol. The maximum Gasteiger partial charge on any atom is 0.263 e. The average Bonchev–Trinajstić information content (AvgIpc) is 3.33. The first-order valence-corrected chi connectivity index (χ1v) is 14.9. The molecule has 5 nitrogen and oxygen atoms in total. The van der Waals surface area contributed by atoms with Crippen LogP contribution >= 0.6 is 39.1 Å². The lowest BCUT2D eigenvalue weighted by atomic mass is 9.99. The van der Waals surface area contributed by atoms with Gasteiger partial charge in [0.15, 0.2) is 0 Å². The fourth-order valence-corrected chi connectivity index (χ4v) is 6.93. The van der Waals surface area contributed by atoms with Crippen molar-refractivity contribution < 1.29 is 13.2 Å². The van der Waals surface area contributed by atoms with Crippen LogP contribution in [0.3, 0.4) is 0 Å². The number of anilines is 1. The van der Waals surface area contributed by atoms with Crippen molar-refractivity contribution in [3.8, 4) is 0 Å². The quantitative estimate of drug-likeness (QED) is 0.287. The molecule has 3 aromatic rings. The largest absolute Gasteiger partial charge is 0.338 e. The second-order valence-corrected chi connectivity index (χ2v) is 12.2. The Morgan fingerprint density at radius 1 is 1.08 bits per heavy atom. The minimum absolute atomic E-state index is 0.0452. The van der Waals surface area contributed by atoms with Gasteiger partial charge in [-0.05, 0) is 60.7 Å². The van der Waals surface area contributed by atoms with Crippen LogP contribution in [0, 0.1) is 0 Å². The number of carbonyl (C=O) groups is 1. The maximum absolute atomic E-state index is 13.4. The highest BCUT2D eigenvalue weighted by Crippen LogP contribution is 2.35. The third-order valence-electron chi connectivity index (χ3n) is 6.39. The summed E-state index contributed by atoms with van der Waals surface area (Å²) >= 11 is 16.2. The number of aryl methyl sites for hydroxylation is 1. The number of nitrogens with one attached hydrogen (secondary N) is 1. The molecule has 0 bridgehead atoms. The van der Waals surface area contributed by atoms with Crippen LogP contribution in [0.4, 0.5) is 5.69 Å². The van der Waals surface area contributed by atoms with Crippen LogP contribution in [0.1, 0.15) is 53.6 Å². The summed E-state index contributed by atoms with van der Waals surface area (Å²) in [5, 5.41) is 0.0738. The molecule has 1 saturated heterocycles. The fourth-order valence-electron chi connectivity index (χ4n) is 4.40. The van der Waals surface area contributed by atoms with Gasteiger partial charge >= 0.3 is 0 Å².